The number of carbonyl (C=O) groups excluding carboxylic acids is 1. The lowest BCUT2D eigenvalue weighted by Gasteiger charge is -2.13. The number of hydrogen-bond donors (Lipinski definition) is 0. The van der Waals surface area contributed by atoms with Crippen LogP contribution in [0.25, 0.3) is 22.0 Å². The minimum Gasteiger partial charge on any atom is -0.497 e. The van der Waals surface area contributed by atoms with Crippen molar-refractivity contribution in [1.82, 2.24) is 9.88 Å². The van der Waals surface area contributed by atoms with Gasteiger partial charge in [0.1, 0.15) is 5.75 Å². The van der Waals surface area contributed by atoms with Gasteiger partial charge in [0, 0.05) is 25.0 Å². The van der Waals surface area contributed by atoms with Gasteiger partial charge in [-0.1, -0.05) is 42.1 Å². The molecular formula is C21H20N2O2S. The molecule has 2 heterocycles. The predicted octanol–water partition coefficient (Wildman–Crippen LogP) is 4.23. The van der Waals surface area contributed by atoms with Crippen molar-refractivity contribution < 1.29 is 9.53 Å². The SMILES string of the molecule is COc1ccc2c(-c3ccccc3)cc(SC3CCN(C)C3=O)nc2c1. The monoisotopic (exact) mass is 364 g/mol. The van der Waals surface area contributed by atoms with E-state index in [-0.39, 0.29) is 11.2 Å². The van der Waals surface area contributed by atoms with Crippen LogP contribution in [-0.2, 0) is 4.79 Å². The molecule has 0 aliphatic carbocycles. The molecule has 3 aromatic rings. The summed E-state index contributed by atoms with van der Waals surface area (Å²) in [6, 6.07) is 18.3. The van der Waals surface area contributed by atoms with Crippen LogP contribution < -0.4 is 4.74 Å². The van der Waals surface area contributed by atoms with Crippen molar-refractivity contribution in [3.8, 4) is 16.9 Å². The van der Waals surface area contributed by atoms with Gasteiger partial charge in [-0.15, -0.1) is 0 Å². The molecule has 1 aliphatic rings. The molecule has 1 aromatic heterocycles. The lowest BCUT2D eigenvalue weighted by molar-refractivity contribution is -0.126. The maximum Gasteiger partial charge on any atom is 0.235 e. The number of aromatic nitrogens is 1. The van der Waals surface area contributed by atoms with E-state index in [0.29, 0.717) is 0 Å². The first-order valence-electron chi connectivity index (χ1n) is 8.61. The van der Waals surface area contributed by atoms with Crippen LogP contribution in [0.4, 0.5) is 0 Å². The molecule has 1 unspecified atom stereocenters. The van der Waals surface area contributed by atoms with Crippen molar-refractivity contribution in [2.75, 3.05) is 20.7 Å². The number of pyridine rings is 1. The number of benzene rings is 2. The third-order valence-corrected chi connectivity index (χ3v) is 5.89. The van der Waals surface area contributed by atoms with E-state index in [2.05, 4.69) is 18.2 Å². The maximum atomic E-state index is 12.3. The largest absolute Gasteiger partial charge is 0.497 e. The first-order chi connectivity index (χ1) is 12.7. The van der Waals surface area contributed by atoms with E-state index in [1.165, 1.54) is 0 Å². The standard InChI is InChI=1S/C21H20N2O2S/c1-23-11-10-19(21(23)24)26-20-13-17(14-6-4-3-5-7-14)16-9-8-15(25-2)12-18(16)22-20/h3-9,12-13,19H,10-11H2,1-2H3. The number of methoxy groups -OCH3 is 1. The van der Waals surface area contributed by atoms with Crippen LogP contribution in [0, 0.1) is 0 Å². The van der Waals surface area contributed by atoms with Gasteiger partial charge in [-0.05, 0) is 35.7 Å². The molecule has 26 heavy (non-hydrogen) atoms. The smallest absolute Gasteiger partial charge is 0.235 e. The Morgan fingerprint density at radius 2 is 1.96 bits per heavy atom. The Morgan fingerprint density at radius 3 is 2.65 bits per heavy atom. The molecule has 4 rings (SSSR count). The molecule has 1 fully saturated rings. The molecule has 1 amide bonds. The molecule has 132 valence electrons. The summed E-state index contributed by atoms with van der Waals surface area (Å²) in [7, 11) is 3.52. The molecule has 5 heteroatoms. The Bertz CT molecular complexity index is 959. The number of amides is 1. The average Bonchev–Trinajstić information content (AvgIpc) is 2.99. The summed E-state index contributed by atoms with van der Waals surface area (Å²) >= 11 is 1.56. The van der Waals surface area contributed by atoms with Crippen LogP contribution in [-0.4, -0.2) is 41.7 Å². The Morgan fingerprint density at radius 1 is 1.15 bits per heavy atom. The van der Waals surface area contributed by atoms with E-state index in [1.807, 2.05) is 43.4 Å². The molecule has 2 aromatic carbocycles. The van der Waals surface area contributed by atoms with E-state index in [9.17, 15) is 4.79 Å². The second-order valence-corrected chi connectivity index (χ2v) is 7.64. The molecule has 1 aliphatic heterocycles. The van der Waals surface area contributed by atoms with Gasteiger partial charge in [0.15, 0.2) is 0 Å². The highest BCUT2D eigenvalue weighted by molar-refractivity contribution is 8.00. The maximum absolute atomic E-state index is 12.3. The Balaban J connectivity index is 1.82. The minimum absolute atomic E-state index is 0.0563. The molecule has 0 N–H and O–H groups in total. The molecule has 4 nitrogen and oxygen atoms in total. The van der Waals surface area contributed by atoms with Gasteiger partial charge in [0.05, 0.1) is 22.9 Å². The molecule has 0 saturated carbocycles. The molecule has 1 atom stereocenters. The van der Waals surface area contributed by atoms with Gasteiger partial charge in [0.2, 0.25) is 5.91 Å². The third kappa shape index (κ3) is 3.15. The van der Waals surface area contributed by atoms with Gasteiger partial charge in [0.25, 0.3) is 0 Å². The second-order valence-electron chi connectivity index (χ2n) is 6.41. The van der Waals surface area contributed by atoms with Crippen molar-refractivity contribution in [3.63, 3.8) is 0 Å². The van der Waals surface area contributed by atoms with E-state index in [0.717, 1.165) is 45.8 Å². The van der Waals surface area contributed by atoms with Crippen molar-refractivity contribution in [2.45, 2.75) is 16.7 Å². The number of hydrogen-bond acceptors (Lipinski definition) is 4. The van der Waals surface area contributed by atoms with E-state index in [1.54, 1.807) is 23.8 Å². The van der Waals surface area contributed by atoms with Crippen molar-refractivity contribution in [3.05, 3.63) is 54.6 Å². The van der Waals surface area contributed by atoms with Crippen molar-refractivity contribution in [2.24, 2.45) is 0 Å². The van der Waals surface area contributed by atoms with E-state index >= 15 is 0 Å². The third-order valence-electron chi connectivity index (χ3n) is 4.72. The normalized spacial score (nSPS) is 17.1. The number of thioether (sulfide) groups is 1. The fourth-order valence-corrected chi connectivity index (χ4v) is 4.41. The van der Waals surface area contributed by atoms with E-state index < -0.39 is 0 Å². The zero-order chi connectivity index (χ0) is 18.1. The first-order valence-corrected chi connectivity index (χ1v) is 9.49. The van der Waals surface area contributed by atoms with Crippen LogP contribution in [0.3, 0.4) is 0 Å². The molecule has 0 bridgehead atoms. The highest BCUT2D eigenvalue weighted by Gasteiger charge is 2.30. The highest BCUT2D eigenvalue weighted by Crippen LogP contribution is 2.36. The van der Waals surface area contributed by atoms with Gasteiger partial charge in [-0.3, -0.25) is 4.79 Å². The van der Waals surface area contributed by atoms with Crippen molar-refractivity contribution in [1.29, 1.82) is 0 Å². The van der Waals surface area contributed by atoms with Crippen LogP contribution in [0.5, 0.6) is 5.75 Å². The first kappa shape index (κ1) is 16.9. The minimum atomic E-state index is -0.0563. The fraction of sp³-hybridized carbons (Fsp3) is 0.238. The number of fused-ring (bicyclic) bond motifs is 1. The molecular weight excluding hydrogens is 344 g/mol. The Hall–Kier alpha value is -2.53. The molecule has 1 saturated heterocycles. The topological polar surface area (TPSA) is 42.4 Å². The summed E-state index contributed by atoms with van der Waals surface area (Å²) in [5, 5.41) is 1.90. The summed E-state index contributed by atoms with van der Waals surface area (Å²) in [6.07, 6.45) is 0.860. The predicted molar refractivity (Wildman–Crippen MR) is 106 cm³/mol. The number of nitrogens with zero attached hydrogens (tertiary/aromatic N) is 2. The number of rotatable bonds is 4. The van der Waals surface area contributed by atoms with Gasteiger partial charge in [-0.2, -0.15) is 0 Å². The van der Waals surface area contributed by atoms with Gasteiger partial charge < -0.3 is 9.64 Å². The number of likely N-dealkylation sites (tertiary alicyclic amines) is 1. The van der Waals surface area contributed by atoms with Crippen molar-refractivity contribution >= 4 is 28.6 Å². The van der Waals surface area contributed by atoms with Crippen LogP contribution in [0.1, 0.15) is 6.42 Å². The van der Waals surface area contributed by atoms with Crippen LogP contribution in [0.15, 0.2) is 59.6 Å². The van der Waals surface area contributed by atoms with Gasteiger partial charge >= 0.3 is 0 Å². The van der Waals surface area contributed by atoms with Crippen LogP contribution >= 0.6 is 11.8 Å². The molecule has 0 radical (unpaired) electrons. The fourth-order valence-electron chi connectivity index (χ4n) is 3.27. The summed E-state index contributed by atoms with van der Waals surface area (Å²) < 4.78 is 5.36. The zero-order valence-corrected chi connectivity index (χ0v) is 15.6. The number of carbonyl (C=O) groups is 1. The summed E-state index contributed by atoms with van der Waals surface area (Å²) in [5.74, 6) is 0.964. The van der Waals surface area contributed by atoms with Crippen LogP contribution in [0.2, 0.25) is 0 Å². The lowest BCUT2D eigenvalue weighted by Crippen LogP contribution is -2.23. The lowest BCUT2D eigenvalue weighted by atomic mass is 10.0. The summed E-state index contributed by atoms with van der Waals surface area (Å²) in [6.45, 7) is 0.809. The highest BCUT2D eigenvalue weighted by atomic mass is 32.2. The second kappa shape index (κ2) is 7.00. The average molecular weight is 364 g/mol. The summed E-state index contributed by atoms with van der Waals surface area (Å²) in [5.41, 5.74) is 3.15. The Labute approximate surface area is 157 Å². The zero-order valence-electron chi connectivity index (χ0n) is 14.8. The Kier molecular flexibility index (Phi) is 4.55. The van der Waals surface area contributed by atoms with Gasteiger partial charge in [-0.25, -0.2) is 4.98 Å². The van der Waals surface area contributed by atoms with E-state index in [4.69, 9.17) is 9.72 Å². The molecule has 0 spiro atoms. The summed E-state index contributed by atoms with van der Waals surface area (Å²) in [4.78, 5) is 18.9. The quantitative estimate of drug-likeness (QED) is 0.695. The number of ether oxygens (including phenoxy) is 1.